The second-order valence-corrected chi connectivity index (χ2v) is 4.89. The molecule has 0 bridgehead atoms. The minimum atomic E-state index is -2.63. The Morgan fingerprint density at radius 1 is 1.38 bits per heavy atom. The Labute approximate surface area is 99.5 Å². The van der Waals surface area contributed by atoms with Gasteiger partial charge in [0.05, 0.1) is 0 Å². The van der Waals surface area contributed by atoms with Crippen LogP contribution in [0.4, 0.5) is 8.78 Å². The fourth-order valence-corrected chi connectivity index (χ4v) is 2.06. The summed E-state index contributed by atoms with van der Waals surface area (Å²) < 4.78 is 25.0. The molecule has 2 aliphatic rings. The van der Waals surface area contributed by atoms with Crippen molar-refractivity contribution in [2.75, 3.05) is 6.54 Å². The summed E-state index contributed by atoms with van der Waals surface area (Å²) in [5.41, 5.74) is 5.63. The van der Waals surface area contributed by atoms with Crippen molar-refractivity contribution in [1.29, 1.82) is 0 Å². The Hall–Kier alpha value is -0.420. The largest absolute Gasteiger partial charge is 0.354 e. The number of hydrogen-bond acceptors (Lipinski definition) is 2. The molecule has 2 saturated carbocycles. The first-order chi connectivity index (χ1) is 6.90. The fourth-order valence-electron chi connectivity index (χ4n) is 2.06. The Morgan fingerprint density at radius 3 is 2.31 bits per heavy atom. The highest BCUT2D eigenvalue weighted by Crippen LogP contribution is 2.42. The first-order valence-electron chi connectivity index (χ1n) is 5.35. The molecule has 0 atom stereocenters. The average Bonchev–Trinajstić information content (AvgIpc) is 2.07. The van der Waals surface area contributed by atoms with Gasteiger partial charge in [0.2, 0.25) is 11.8 Å². The Balaban J connectivity index is 0.00000128. The summed E-state index contributed by atoms with van der Waals surface area (Å²) in [5, 5.41) is 2.67. The lowest BCUT2D eigenvalue weighted by Crippen LogP contribution is -2.56. The van der Waals surface area contributed by atoms with Crippen LogP contribution in [-0.2, 0) is 4.79 Å². The molecule has 6 heteroatoms. The van der Waals surface area contributed by atoms with E-state index in [0.717, 1.165) is 19.3 Å². The van der Waals surface area contributed by atoms with Gasteiger partial charge in [-0.2, -0.15) is 0 Å². The van der Waals surface area contributed by atoms with Crippen LogP contribution in [-0.4, -0.2) is 23.9 Å². The fraction of sp³-hybridized carbons (Fsp3) is 0.900. The average molecular weight is 255 g/mol. The van der Waals surface area contributed by atoms with Gasteiger partial charge in [0.25, 0.3) is 0 Å². The van der Waals surface area contributed by atoms with Crippen molar-refractivity contribution in [2.45, 2.75) is 43.6 Å². The minimum Gasteiger partial charge on any atom is -0.354 e. The number of carbonyl (C=O) groups excluding carboxylic acids is 1. The molecular weight excluding hydrogens is 238 g/mol. The molecule has 0 unspecified atom stereocenters. The van der Waals surface area contributed by atoms with Crippen LogP contribution in [0.15, 0.2) is 0 Å². The van der Waals surface area contributed by atoms with Gasteiger partial charge in [0, 0.05) is 30.8 Å². The maximum Gasteiger partial charge on any atom is 0.249 e. The van der Waals surface area contributed by atoms with E-state index in [4.69, 9.17) is 5.73 Å². The number of amides is 1. The predicted octanol–water partition coefficient (Wildman–Crippen LogP) is 1.45. The maximum atomic E-state index is 12.5. The van der Waals surface area contributed by atoms with Crippen molar-refractivity contribution in [3.05, 3.63) is 0 Å². The summed E-state index contributed by atoms with van der Waals surface area (Å²) in [4.78, 5) is 11.4. The van der Waals surface area contributed by atoms with Crippen LogP contribution >= 0.6 is 12.4 Å². The van der Waals surface area contributed by atoms with Gasteiger partial charge in [-0.25, -0.2) is 8.78 Å². The summed E-state index contributed by atoms with van der Waals surface area (Å²) in [6.45, 7) is 0.425. The molecule has 0 aliphatic heterocycles. The molecule has 0 saturated heterocycles. The third-order valence-electron chi connectivity index (χ3n) is 3.42. The van der Waals surface area contributed by atoms with E-state index in [-0.39, 0.29) is 36.7 Å². The first kappa shape index (κ1) is 13.6. The van der Waals surface area contributed by atoms with Crippen molar-refractivity contribution in [2.24, 2.45) is 11.7 Å². The van der Waals surface area contributed by atoms with Crippen molar-refractivity contribution in [3.8, 4) is 0 Å². The van der Waals surface area contributed by atoms with Gasteiger partial charge in [-0.3, -0.25) is 4.79 Å². The van der Waals surface area contributed by atoms with Crippen molar-refractivity contribution < 1.29 is 13.6 Å². The summed E-state index contributed by atoms with van der Waals surface area (Å²) in [5.74, 6) is -3.40. The molecule has 0 radical (unpaired) electrons. The van der Waals surface area contributed by atoms with Crippen molar-refractivity contribution in [3.63, 3.8) is 0 Å². The van der Waals surface area contributed by atoms with Crippen LogP contribution in [0.25, 0.3) is 0 Å². The highest BCUT2D eigenvalue weighted by molar-refractivity contribution is 5.85. The molecule has 2 aliphatic carbocycles. The first-order valence-corrected chi connectivity index (χ1v) is 5.35. The Morgan fingerprint density at radius 2 is 1.94 bits per heavy atom. The number of alkyl halides is 2. The van der Waals surface area contributed by atoms with Crippen molar-refractivity contribution in [1.82, 2.24) is 5.32 Å². The second kappa shape index (κ2) is 4.45. The van der Waals surface area contributed by atoms with Gasteiger partial charge < -0.3 is 11.1 Å². The van der Waals surface area contributed by atoms with Gasteiger partial charge in [0.15, 0.2) is 0 Å². The van der Waals surface area contributed by atoms with Crippen LogP contribution in [0.5, 0.6) is 0 Å². The van der Waals surface area contributed by atoms with Crippen molar-refractivity contribution >= 4 is 18.3 Å². The second-order valence-electron chi connectivity index (χ2n) is 4.89. The van der Waals surface area contributed by atoms with Crippen LogP contribution < -0.4 is 11.1 Å². The molecule has 1 amide bonds. The van der Waals surface area contributed by atoms with E-state index in [1.807, 2.05) is 0 Å². The summed E-state index contributed by atoms with van der Waals surface area (Å²) >= 11 is 0. The highest BCUT2D eigenvalue weighted by atomic mass is 35.5. The lowest BCUT2D eigenvalue weighted by molar-refractivity contribution is -0.150. The molecule has 94 valence electrons. The molecular formula is C10H17ClF2N2O. The van der Waals surface area contributed by atoms with E-state index in [1.165, 1.54) is 0 Å². The molecule has 16 heavy (non-hydrogen) atoms. The maximum absolute atomic E-state index is 12.5. The SMILES string of the molecule is Cl.NC1(CNC(=O)C2CC(F)(F)C2)CCC1. The quantitative estimate of drug-likeness (QED) is 0.801. The van der Waals surface area contributed by atoms with Crippen LogP contribution in [0.2, 0.25) is 0 Å². The molecule has 0 aromatic carbocycles. The van der Waals surface area contributed by atoms with E-state index in [0.29, 0.717) is 6.54 Å². The molecule has 0 spiro atoms. The zero-order valence-electron chi connectivity index (χ0n) is 8.97. The molecule has 2 rings (SSSR count). The van der Waals surface area contributed by atoms with Gasteiger partial charge in [-0.1, -0.05) is 0 Å². The number of halogens is 3. The zero-order valence-corrected chi connectivity index (χ0v) is 9.79. The van der Waals surface area contributed by atoms with Gasteiger partial charge in [-0.05, 0) is 19.3 Å². The Bertz CT molecular complexity index is 274. The van der Waals surface area contributed by atoms with E-state index in [2.05, 4.69) is 5.32 Å². The summed E-state index contributed by atoms with van der Waals surface area (Å²) in [6.07, 6.45) is 2.29. The van der Waals surface area contributed by atoms with E-state index < -0.39 is 11.8 Å². The normalized spacial score (nSPS) is 25.9. The molecule has 0 aromatic heterocycles. The monoisotopic (exact) mass is 254 g/mol. The smallest absolute Gasteiger partial charge is 0.249 e. The molecule has 3 nitrogen and oxygen atoms in total. The van der Waals surface area contributed by atoms with E-state index >= 15 is 0 Å². The van der Waals surface area contributed by atoms with Gasteiger partial charge in [-0.15, -0.1) is 12.4 Å². The Kier molecular flexibility index (Phi) is 3.80. The third kappa shape index (κ3) is 2.83. The molecule has 0 aromatic rings. The number of carbonyl (C=O) groups is 1. The van der Waals surface area contributed by atoms with Gasteiger partial charge in [0.1, 0.15) is 0 Å². The number of rotatable bonds is 3. The van der Waals surface area contributed by atoms with Gasteiger partial charge >= 0.3 is 0 Å². The zero-order chi connectivity index (χ0) is 11.1. The van der Waals surface area contributed by atoms with E-state index in [9.17, 15) is 13.6 Å². The number of nitrogens with two attached hydrogens (primary N) is 1. The standard InChI is InChI=1S/C10H16F2N2O.ClH/c11-10(12)4-7(5-10)8(15)14-6-9(13)2-1-3-9;/h7H,1-6,13H2,(H,14,15);1H. The van der Waals surface area contributed by atoms with Crippen LogP contribution in [0, 0.1) is 5.92 Å². The third-order valence-corrected chi connectivity index (χ3v) is 3.42. The molecule has 3 N–H and O–H groups in total. The van der Waals surface area contributed by atoms with Crippen LogP contribution in [0.3, 0.4) is 0 Å². The topological polar surface area (TPSA) is 55.1 Å². The van der Waals surface area contributed by atoms with E-state index in [1.54, 1.807) is 0 Å². The highest BCUT2D eigenvalue weighted by Gasteiger charge is 2.48. The lowest BCUT2D eigenvalue weighted by atomic mass is 9.77. The molecule has 2 fully saturated rings. The predicted molar refractivity (Wildman–Crippen MR) is 58.7 cm³/mol. The summed E-state index contributed by atoms with van der Waals surface area (Å²) in [6, 6.07) is 0. The molecule has 0 heterocycles. The lowest BCUT2D eigenvalue weighted by Gasteiger charge is -2.39. The number of nitrogens with one attached hydrogen (secondary N) is 1. The minimum absolute atomic E-state index is 0. The summed E-state index contributed by atoms with van der Waals surface area (Å²) in [7, 11) is 0. The number of hydrogen-bond donors (Lipinski definition) is 2. The van der Waals surface area contributed by atoms with Crippen LogP contribution in [0.1, 0.15) is 32.1 Å².